The van der Waals surface area contributed by atoms with Gasteiger partial charge in [0.15, 0.2) is 0 Å². The number of rotatable bonds is 6. The van der Waals surface area contributed by atoms with Gasteiger partial charge in [0.05, 0.1) is 6.61 Å². The SMILES string of the molecule is Cc1cc(C(C)Nc2cccc(C(=O)NCCO)c2C)c(C)s1. The number of carbonyl (C=O) groups is 1. The van der Waals surface area contributed by atoms with Gasteiger partial charge in [0.25, 0.3) is 5.91 Å². The number of aliphatic hydroxyl groups is 1. The average Bonchev–Trinajstić information content (AvgIpc) is 2.85. The van der Waals surface area contributed by atoms with Crippen molar-refractivity contribution in [3.63, 3.8) is 0 Å². The maximum absolute atomic E-state index is 12.1. The van der Waals surface area contributed by atoms with Crippen LogP contribution in [0.1, 0.15) is 44.2 Å². The molecule has 0 radical (unpaired) electrons. The van der Waals surface area contributed by atoms with Gasteiger partial charge < -0.3 is 15.7 Å². The molecule has 1 aromatic heterocycles. The fraction of sp³-hybridized carbons (Fsp3) is 0.389. The Balaban J connectivity index is 2.20. The number of thiophene rings is 1. The van der Waals surface area contributed by atoms with E-state index in [9.17, 15) is 4.79 Å². The lowest BCUT2D eigenvalue weighted by atomic mass is 10.0. The Hall–Kier alpha value is -1.85. The van der Waals surface area contributed by atoms with Crippen molar-refractivity contribution < 1.29 is 9.90 Å². The number of hydrogen-bond acceptors (Lipinski definition) is 4. The quantitative estimate of drug-likeness (QED) is 0.758. The summed E-state index contributed by atoms with van der Waals surface area (Å²) in [6, 6.07) is 8.06. The molecule has 0 bridgehead atoms. The minimum absolute atomic E-state index is 0.0590. The summed E-state index contributed by atoms with van der Waals surface area (Å²) in [6.07, 6.45) is 0. The Morgan fingerprint density at radius 1 is 1.30 bits per heavy atom. The van der Waals surface area contributed by atoms with Crippen LogP contribution in [-0.2, 0) is 0 Å². The Kier molecular flexibility index (Phi) is 5.80. The molecule has 124 valence electrons. The van der Waals surface area contributed by atoms with Gasteiger partial charge in [0.2, 0.25) is 0 Å². The standard InChI is InChI=1S/C18H24N2O2S/c1-11-10-16(14(4)23-11)13(3)20-17-7-5-6-15(12(17)2)18(22)19-8-9-21/h5-7,10,13,20-21H,8-9H2,1-4H3,(H,19,22). The normalized spacial score (nSPS) is 12.0. The lowest BCUT2D eigenvalue weighted by Gasteiger charge is -2.19. The van der Waals surface area contributed by atoms with E-state index in [4.69, 9.17) is 5.11 Å². The smallest absolute Gasteiger partial charge is 0.251 e. The average molecular weight is 332 g/mol. The van der Waals surface area contributed by atoms with Crippen molar-refractivity contribution in [3.05, 3.63) is 50.7 Å². The van der Waals surface area contributed by atoms with Crippen LogP contribution >= 0.6 is 11.3 Å². The van der Waals surface area contributed by atoms with Crippen LogP contribution in [0.3, 0.4) is 0 Å². The third-order valence-corrected chi connectivity index (χ3v) is 4.88. The summed E-state index contributed by atoms with van der Waals surface area (Å²) in [5, 5.41) is 15.0. The molecule has 0 aliphatic rings. The number of anilines is 1. The number of hydrogen-bond donors (Lipinski definition) is 3. The fourth-order valence-electron chi connectivity index (χ4n) is 2.69. The van der Waals surface area contributed by atoms with Gasteiger partial charge in [-0.15, -0.1) is 11.3 Å². The summed E-state index contributed by atoms with van der Waals surface area (Å²) in [5.74, 6) is -0.157. The molecule has 1 unspecified atom stereocenters. The number of aryl methyl sites for hydroxylation is 2. The van der Waals surface area contributed by atoms with Gasteiger partial charge in [-0.1, -0.05) is 6.07 Å². The molecule has 3 N–H and O–H groups in total. The van der Waals surface area contributed by atoms with Crippen LogP contribution in [0.5, 0.6) is 0 Å². The maximum atomic E-state index is 12.1. The van der Waals surface area contributed by atoms with Gasteiger partial charge in [0.1, 0.15) is 0 Å². The zero-order valence-corrected chi connectivity index (χ0v) is 14.9. The van der Waals surface area contributed by atoms with E-state index in [1.54, 1.807) is 17.4 Å². The van der Waals surface area contributed by atoms with Gasteiger partial charge in [-0.05, 0) is 57.0 Å². The van der Waals surface area contributed by atoms with Crippen LogP contribution in [0.15, 0.2) is 24.3 Å². The Morgan fingerprint density at radius 3 is 2.65 bits per heavy atom. The lowest BCUT2D eigenvalue weighted by Crippen LogP contribution is -2.27. The molecule has 0 spiro atoms. The molecule has 0 fully saturated rings. The minimum atomic E-state index is -0.157. The summed E-state index contributed by atoms with van der Waals surface area (Å²) in [6.45, 7) is 8.53. The van der Waals surface area contributed by atoms with Gasteiger partial charge >= 0.3 is 0 Å². The van der Waals surface area contributed by atoms with Crippen molar-refractivity contribution in [2.75, 3.05) is 18.5 Å². The third kappa shape index (κ3) is 4.12. The van der Waals surface area contributed by atoms with E-state index in [2.05, 4.69) is 37.5 Å². The highest BCUT2D eigenvalue weighted by molar-refractivity contribution is 7.12. The number of benzene rings is 1. The predicted octanol–water partition coefficient (Wildman–Crippen LogP) is 3.57. The molecule has 2 aromatic rings. The number of aliphatic hydroxyl groups excluding tert-OH is 1. The molecule has 1 aromatic carbocycles. The Morgan fingerprint density at radius 2 is 2.04 bits per heavy atom. The monoisotopic (exact) mass is 332 g/mol. The lowest BCUT2D eigenvalue weighted by molar-refractivity contribution is 0.0944. The van der Waals surface area contributed by atoms with Crippen molar-refractivity contribution in [2.24, 2.45) is 0 Å². The van der Waals surface area contributed by atoms with E-state index in [1.165, 1.54) is 15.3 Å². The second kappa shape index (κ2) is 7.62. The molecule has 4 nitrogen and oxygen atoms in total. The summed E-state index contributed by atoms with van der Waals surface area (Å²) in [4.78, 5) is 14.8. The predicted molar refractivity (Wildman–Crippen MR) is 96.4 cm³/mol. The first-order valence-corrected chi connectivity index (χ1v) is 8.57. The molecule has 1 amide bonds. The van der Waals surface area contributed by atoms with Gasteiger partial charge in [0, 0.05) is 33.6 Å². The molecule has 0 aliphatic carbocycles. The van der Waals surface area contributed by atoms with Gasteiger partial charge in [-0.25, -0.2) is 0 Å². The highest BCUT2D eigenvalue weighted by Gasteiger charge is 2.15. The molecule has 0 aliphatic heterocycles. The van der Waals surface area contributed by atoms with Crippen molar-refractivity contribution in [1.29, 1.82) is 0 Å². The van der Waals surface area contributed by atoms with Gasteiger partial charge in [-0.3, -0.25) is 4.79 Å². The molecule has 23 heavy (non-hydrogen) atoms. The molecule has 0 saturated heterocycles. The van der Waals surface area contributed by atoms with Crippen LogP contribution in [0.4, 0.5) is 5.69 Å². The van der Waals surface area contributed by atoms with Crippen LogP contribution in [-0.4, -0.2) is 24.2 Å². The zero-order chi connectivity index (χ0) is 17.0. The van der Waals surface area contributed by atoms with Gasteiger partial charge in [-0.2, -0.15) is 0 Å². The highest BCUT2D eigenvalue weighted by atomic mass is 32.1. The van der Waals surface area contributed by atoms with Crippen molar-refractivity contribution in [2.45, 2.75) is 33.7 Å². The molecule has 1 heterocycles. The molecule has 1 atom stereocenters. The first kappa shape index (κ1) is 17.5. The number of amides is 1. The van der Waals surface area contributed by atoms with Crippen molar-refractivity contribution in [3.8, 4) is 0 Å². The highest BCUT2D eigenvalue weighted by Crippen LogP contribution is 2.30. The van der Waals surface area contributed by atoms with E-state index in [1.807, 2.05) is 19.1 Å². The molecular formula is C18H24N2O2S. The van der Waals surface area contributed by atoms with Crippen LogP contribution < -0.4 is 10.6 Å². The summed E-state index contributed by atoms with van der Waals surface area (Å²) < 4.78 is 0. The van der Waals surface area contributed by atoms with Crippen LogP contribution in [0, 0.1) is 20.8 Å². The molecule has 5 heteroatoms. The maximum Gasteiger partial charge on any atom is 0.251 e. The van der Waals surface area contributed by atoms with E-state index in [0.29, 0.717) is 5.56 Å². The minimum Gasteiger partial charge on any atom is -0.395 e. The van der Waals surface area contributed by atoms with E-state index in [0.717, 1.165) is 11.3 Å². The van der Waals surface area contributed by atoms with Crippen molar-refractivity contribution >= 4 is 22.9 Å². The third-order valence-electron chi connectivity index (χ3n) is 3.89. The van der Waals surface area contributed by atoms with Crippen LogP contribution in [0.2, 0.25) is 0 Å². The Bertz CT molecular complexity index is 694. The first-order valence-electron chi connectivity index (χ1n) is 7.76. The second-order valence-electron chi connectivity index (χ2n) is 5.69. The largest absolute Gasteiger partial charge is 0.395 e. The number of nitrogens with one attached hydrogen (secondary N) is 2. The van der Waals surface area contributed by atoms with E-state index < -0.39 is 0 Å². The summed E-state index contributed by atoms with van der Waals surface area (Å²) >= 11 is 1.80. The summed E-state index contributed by atoms with van der Waals surface area (Å²) in [5.41, 5.74) is 3.80. The summed E-state index contributed by atoms with van der Waals surface area (Å²) in [7, 11) is 0. The molecule has 0 saturated carbocycles. The molecule has 2 rings (SSSR count). The van der Waals surface area contributed by atoms with E-state index >= 15 is 0 Å². The first-order chi connectivity index (χ1) is 10.9. The molecular weight excluding hydrogens is 308 g/mol. The van der Waals surface area contributed by atoms with E-state index in [-0.39, 0.29) is 25.1 Å². The zero-order valence-electron chi connectivity index (χ0n) is 14.1. The van der Waals surface area contributed by atoms with Crippen LogP contribution in [0.25, 0.3) is 0 Å². The van der Waals surface area contributed by atoms with Crippen molar-refractivity contribution in [1.82, 2.24) is 5.32 Å². The Labute approximate surface area is 141 Å². The second-order valence-corrected chi connectivity index (χ2v) is 7.15. The topological polar surface area (TPSA) is 61.4 Å². The fourth-order valence-corrected chi connectivity index (χ4v) is 3.72. The number of carbonyl (C=O) groups excluding carboxylic acids is 1.